The van der Waals surface area contributed by atoms with E-state index in [1.54, 1.807) is 0 Å². The summed E-state index contributed by atoms with van der Waals surface area (Å²) in [5.74, 6) is -0.469. The standard InChI is InChI=1S/C19H19N3O4S/c1-13(19(24)25)22(12-14-6-3-2-4-7-14)17(23)10-9-16-20-18(21-26-16)15-8-5-11-27-15/h2-8,11,13H,9-10,12H2,1H3,(H,24,25). The zero-order chi connectivity index (χ0) is 19.2. The summed E-state index contributed by atoms with van der Waals surface area (Å²) in [6.07, 6.45) is 0.353. The highest BCUT2D eigenvalue weighted by Gasteiger charge is 2.26. The quantitative estimate of drug-likeness (QED) is 0.639. The SMILES string of the molecule is CC(C(=O)O)N(Cc1ccccc1)C(=O)CCc1nc(-c2cccs2)no1. The van der Waals surface area contributed by atoms with Crippen molar-refractivity contribution in [3.05, 3.63) is 59.3 Å². The van der Waals surface area contributed by atoms with Gasteiger partial charge >= 0.3 is 5.97 Å². The summed E-state index contributed by atoms with van der Waals surface area (Å²) in [6, 6.07) is 12.2. The van der Waals surface area contributed by atoms with Crippen molar-refractivity contribution < 1.29 is 19.2 Å². The van der Waals surface area contributed by atoms with E-state index >= 15 is 0 Å². The second-order valence-corrected chi connectivity index (χ2v) is 6.96. The van der Waals surface area contributed by atoms with Gasteiger partial charge in [-0.1, -0.05) is 41.6 Å². The first-order valence-electron chi connectivity index (χ1n) is 8.47. The van der Waals surface area contributed by atoms with Gasteiger partial charge in [-0.2, -0.15) is 4.98 Å². The number of carboxylic acid groups (broad SMARTS) is 1. The predicted molar refractivity (Wildman–Crippen MR) is 100 cm³/mol. The molecular weight excluding hydrogens is 366 g/mol. The van der Waals surface area contributed by atoms with Gasteiger partial charge < -0.3 is 14.5 Å². The molecule has 7 nitrogen and oxygen atoms in total. The van der Waals surface area contributed by atoms with Gasteiger partial charge in [0.05, 0.1) is 4.88 Å². The lowest BCUT2D eigenvalue weighted by molar-refractivity contribution is -0.150. The average molecular weight is 385 g/mol. The minimum Gasteiger partial charge on any atom is -0.480 e. The molecule has 8 heteroatoms. The van der Waals surface area contributed by atoms with E-state index < -0.39 is 12.0 Å². The molecule has 0 saturated heterocycles. The van der Waals surface area contributed by atoms with Gasteiger partial charge in [-0.05, 0) is 23.9 Å². The number of hydrogen-bond donors (Lipinski definition) is 1. The van der Waals surface area contributed by atoms with Gasteiger partial charge in [0.25, 0.3) is 0 Å². The van der Waals surface area contributed by atoms with Crippen molar-refractivity contribution in [1.29, 1.82) is 0 Å². The largest absolute Gasteiger partial charge is 0.480 e. The van der Waals surface area contributed by atoms with E-state index in [-0.39, 0.29) is 25.3 Å². The second-order valence-electron chi connectivity index (χ2n) is 6.01. The smallest absolute Gasteiger partial charge is 0.326 e. The second kappa shape index (κ2) is 8.59. The Morgan fingerprint density at radius 1 is 1.22 bits per heavy atom. The maximum absolute atomic E-state index is 12.7. The highest BCUT2D eigenvalue weighted by atomic mass is 32.1. The Morgan fingerprint density at radius 3 is 2.67 bits per heavy atom. The molecule has 0 aliphatic carbocycles. The van der Waals surface area contributed by atoms with E-state index in [0.717, 1.165) is 10.4 Å². The number of aromatic nitrogens is 2. The summed E-state index contributed by atoms with van der Waals surface area (Å²) in [7, 11) is 0. The van der Waals surface area contributed by atoms with Gasteiger partial charge in [0.2, 0.25) is 17.6 Å². The number of aryl methyl sites for hydroxylation is 1. The van der Waals surface area contributed by atoms with Crippen molar-refractivity contribution >= 4 is 23.2 Å². The van der Waals surface area contributed by atoms with Gasteiger partial charge in [0.15, 0.2) is 0 Å². The van der Waals surface area contributed by atoms with E-state index in [1.165, 1.54) is 23.2 Å². The van der Waals surface area contributed by atoms with Crippen LogP contribution in [0.25, 0.3) is 10.7 Å². The highest BCUT2D eigenvalue weighted by molar-refractivity contribution is 7.13. The molecule has 0 radical (unpaired) electrons. The Hall–Kier alpha value is -3.00. The third-order valence-electron chi connectivity index (χ3n) is 4.10. The Morgan fingerprint density at radius 2 is 2.00 bits per heavy atom. The molecule has 27 heavy (non-hydrogen) atoms. The van der Waals surface area contributed by atoms with Crippen molar-refractivity contribution in [3.63, 3.8) is 0 Å². The molecule has 2 aromatic heterocycles. The molecule has 3 rings (SSSR count). The third kappa shape index (κ3) is 4.79. The molecule has 1 unspecified atom stereocenters. The van der Waals surface area contributed by atoms with Crippen LogP contribution in [-0.2, 0) is 22.6 Å². The van der Waals surface area contributed by atoms with E-state index in [4.69, 9.17) is 4.52 Å². The fourth-order valence-electron chi connectivity index (χ4n) is 2.57. The number of hydrogen-bond acceptors (Lipinski definition) is 6. The molecule has 140 valence electrons. The molecule has 1 N–H and O–H groups in total. The normalized spacial score (nSPS) is 11.9. The number of rotatable bonds is 8. The molecule has 0 spiro atoms. The average Bonchev–Trinajstić information content (AvgIpc) is 3.35. The van der Waals surface area contributed by atoms with Crippen molar-refractivity contribution in [3.8, 4) is 10.7 Å². The van der Waals surface area contributed by atoms with Crippen LogP contribution in [0.2, 0.25) is 0 Å². The maximum atomic E-state index is 12.7. The topological polar surface area (TPSA) is 96.5 Å². The predicted octanol–water partition coefficient (Wildman–Crippen LogP) is 3.23. The monoisotopic (exact) mass is 385 g/mol. The van der Waals surface area contributed by atoms with Gasteiger partial charge in [0.1, 0.15) is 6.04 Å². The highest BCUT2D eigenvalue weighted by Crippen LogP contribution is 2.21. The number of amides is 1. The zero-order valence-electron chi connectivity index (χ0n) is 14.7. The van der Waals surface area contributed by atoms with Crippen LogP contribution >= 0.6 is 11.3 Å². The first kappa shape index (κ1) is 18.8. The molecule has 3 aromatic rings. The molecule has 2 heterocycles. The Balaban J connectivity index is 1.66. The van der Waals surface area contributed by atoms with Crippen LogP contribution in [0.15, 0.2) is 52.4 Å². The van der Waals surface area contributed by atoms with E-state index in [2.05, 4.69) is 10.1 Å². The van der Waals surface area contributed by atoms with E-state index in [9.17, 15) is 14.7 Å². The van der Waals surface area contributed by atoms with Crippen molar-refractivity contribution in [2.24, 2.45) is 0 Å². The first-order chi connectivity index (χ1) is 13.0. The number of benzene rings is 1. The van der Waals surface area contributed by atoms with Crippen LogP contribution in [0.4, 0.5) is 0 Å². The number of nitrogens with zero attached hydrogens (tertiary/aromatic N) is 3. The molecule has 1 atom stereocenters. The van der Waals surface area contributed by atoms with Crippen LogP contribution in [0.3, 0.4) is 0 Å². The molecule has 0 aliphatic heterocycles. The molecular formula is C19H19N3O4S. The third-order valence-corrected chi connectivity index (χ3v) is 4.97. The number of thiophene rings is 1. The summed E-state index contributed by atoms with van der Waals surface area (Å²) in [5, 5.41) is 15.2. The fraction of sp³-hybridized carbons (Fsp3) is 0.263. The summed E-state index contributed by atoms with van der Waals surface area (Å²) in [6.45, 7) is 1.74. The summed E-state index contributed by atoms with van der Waals surface area (Å²) < 4.78 is 5.20. The molecule has 0 bridgehead atoms. The molecule has 1 amide bonds. The first-order valence-corrected chi connectivity index (χ1v) is 9.35. The van der Waals surface area contributed by atoms with Crippen LogP contribution < -0.4 is 0 Å². The summed E-state index contributed by atoms with van der Waals surface area (Å²) in [4.78, 5) is 30.6. The van der Waals surface area contributed by atoms with E-state index in [1.807, 2.05) is 47.8 Å². The van der Waals surface area contributed by atoms with E-state index in [0.29, 0.717) is 11.7 Å². The van der Waals surface area contributed by atoms with Gasteiger partial charge in [0, 0.05) is 19.4 Å². The summed E-state index contributed by atoms with van der Waals surface area (Å²) in [5.41, 5.74) is 0.872. The molecule has 1 aromatic carbocycles. The van der Waals surface area contributed by atoms with Crippen LogP contribution in [0.1, 0.15) is 24.8 Å². The lowest BCUT2D eigenvalue weighted by atomic mass is 10.1. The molecule has 0 saturated carbocycles. The van der Waals surface area contributed by atoms with Gasteiger partial charge in [-0.25, -0.2) is 4.79 Å². The zero-order valence-corrected chi connectivity index (χ0v) is 15.6. The lowest BCUT2D eigenvalue weighted by Crippen LogP contribution is -2.42. The van der Waals surface area contributed by atoms with Gasteiger partial charge in [-0.3, -0.25) is 4.79 Å². The Bertz CT molecular complexity index is 893. The minimum atomic E-state index is -1.04. The van der Waals surface area contributed by atoms with Crippen molar-refractivity contribution in [2.75, 3.05) is 0 Å². The van der Waals surface area contributed by atoms with Crippen molar-refractivity contribution in [2.45, 2.75) is 32.4 Å². The van der Waals surface area contributed by atoms with Crippen LogP contribution in [-0.4, -0.2) is 38.1 Å². The molecule has 0 fully saturated rings. The number of aliphatic carboxylic acids is 1. The van der Waals surface area contributed by atoms with Crippen LogP contribution in [0.5, 0.6) is 0 Å². The van der Waals surface area contributed by atoms with Crippen molar-refractivity contribution in [1.82, 2.24) is 15.0 Å². The number of carbonyl (C=O) groups excluding carboxylic acids is 1. The lowest BCUT2D eigenvalue weighted by Gasteiger charge is -2.26. The fourth-order valence-corrected chi connectivity index (χ4v) is 3.22. The minimum absolute atomic E-state index is 0.0938. The van der Waals surface area contributed by atoms with Gasteiger partial charge in [-0.15, -0.1) is 11.3 Å². The van der Waals surface area contributed by atoms with Crippen LogP contribution in [0, 0.1) is 0 Å². The maximum Gasteiger partial charge on any atom is 0.326 e. The Kier molecular flexibility index (Phi) is 5.97. The summed E-state index contributed by atoms with van der Waals surface area (Å²) >= 11 is 1.50. The number of carbonyl (C=O) groups is 2. The Labute approximate surface area is 160 Å². The number of carboxylic acids is 1. The molecule has 0 aliphatic rings.